The second kappa shape index (κ2) is 5.69. The van der Waals surface area contributed by atoms with E-state index in [4.69, 9.17) is 11.5 Å². The maximum absolute atomic E-state index is 12.8. The molecule has 0 aliphatic heterocycles. The zero-order valence-corrected chi connectivity index (χ0v) is 11.7. The lowest BCUT2D eigenvalue weighted by molar-refractivity contribution is -0.164. The summed E-state index contributed by atoms with van der Waals surface area (Å²) in [6, 6.07) is 6.63. The summed E-state index contributed by atoms with van der Waals surface area (Å²) in [5.74, 6) is -0.301. The van der Waals surface area contributed by atoms with Crippen molar-refractivity contribution in [1.82, 2.24) is 9.78 Å². The third-order valence-electron chi connectivity index (χ3n) is 3.36. The second-order valence-electron chi connectivity index (χ2n) is 4.78. The van der Waals surface area contributed by atoms with Gasteiger partial charge in [0.05, 0.1) is 0 Å². The first-order valence-corrected chi connectivity index (χ1v) is 6.43. The molecule has 4 N–H and O–H groups in total. The maximum atomic E-state index is 12.8. The number of aromatic nitrogens is 2. The summed E-state index contributed by atoms with van der Waals surface area (Å²) in [5, 5.41) is 13.1. The number of nitrogen functional groups attached to an aromatic ring is 1. The predicted molar refractivity (Wildman–Crippen MR) is 75.4 cm³/mol. The highest BCUT2D eigenvalue weighted by Crippen LogP contribution is 2.35. The molecule has 0 aliphatic carbocycles. The van der Waals surface area contributed by atoms with Gasteiger partial charge in [-0.05, 0) is 12.5 Å². The van der Waals surface area contributed by atoms with E-state index in [1.54, 1.807) is 24.3 Å². The van der Waals surface area contributed by atoms with Crippen LogP contribution < -0.4 is 11.5 Å². The molecule has 2 rings (SSSR count). The number of nitrogens with zero attached hydrogens (tertiary/aromatic N) is 3. The van der Waals surface area contributed by atoms with Crippen molar-refractivity contribution in [1.29, 1.82) is 5.26 Å². The van der Waals surface area contributed by atoms with Gasteiger partial charge >= 0.3 is 6.18 Å². The monoisotopic (exact) mass is 309 g/mol. The average molecular weight is 309 g/mol. The van der Waals surface area contributed by atoms with Crippen molar-refractivity contribution in [3.8, 4) is 17.3 Å². The standard InChI is InChI=1S/C14H14F3N5/c1-8(14(15,16)17)22-13(20)11(7-19)12(21-22)10-4-2-9(6-18)3-5-10/h2-5,8H,6,18,20H2,1H3/t8-/m0/s1. The van der Waals surface area contributed by atoms with Gasteiger partial charge in [-0.25, -0.2) is 4.68 Å². The number of alkyl halides is 3. The Balaban J connectivity index is 2.55. The number of halogens is 3. The van der Waals surface area contributed by atoms with Gasteiger partial charge in [0.2, 0.25) is 0 Å². The minimum atomic E-state index is -4.51. The zero-order valence-electron chi connectivity index (χ0n) is 11.7. The van der Waals surface area contributed by atoms with Crippen molar-refractivity contribution in [2.75, 3.05) is 5.73 Å². The number of benzene rings is 1. The first-order valence-electron chi connectivity index (χ1n) is 6.43. The zero-order chi connectivity index (χ0) is 16.5. The SMILES string of the molecule is C[C@H](n1nc(-c2ccc(CN)cc2)c(C#N)c1N)C(F)(F)F. The Bertz CT molecular complexity index is 710. The number of nitrogens with two attached hydrogens (primary N) is 2. The van der Waals surface area contributed by atoms with Crippen LogP contribution in [-0.4, -0.2) is 16.0 Å². The lowest BCUT2D eigenvalue weighted by Crippen LogP contribution is -2.25. The van der Waals surface area contributed by atoms with Crippen LogP contribution in [0.5, 0.6) is 0 Å². The Hall–Kier alpha value is -2.53. The fraction of sp³-hybridized carbons (Fsp3) is 0.286. The summed E-state index contributed by atoms with van der Waals surface area (Å²) in [7, 11) is 0. The molecule has 0 radical (unpaired) electrons. The maximum Gasteiger partial charge on any atom is 0.410 e. The van der Waals surface area contributed by atoms with Gasteiger partial charge in [0.15, 0.2) is 0 Å². The van der Waals surface area contributed by atoms with Crippen molar-refractivity contribution in [3.05, 3.63) is 35.4 Å². The molecule has 5 nitrogen and oxygen atoms in total. The Labute approximate surface area is 124 Å². The van der Waals surface area contributed by atoms with Crippen LogP contribution in [0.2, 0.25) is 0 Å². The summed E-state index contributed by atoms with van der Waals surface area (Å²) < 4.78 is 39.2. The van der Waals surface area contributed by atoms with Crippen molar-refractivity contribution < 1.29 is 13.2 Å². The minimum Gasteiger partial charge on any atom is -0.383 e. The van der Waals surface area contributed by atoms with Crippen LogP contribution in [0.4, 0.5) is 19.0 Å². The molecule has 8 heteroatoms. The van der Waals surface area contributed by atoms with Gasteiger partial charge in [-0.15, -0.1) is 0 Å². The summed E-state index contributed by atoms with van der Waals surface area (Å²) in [6.45, 7) is 1.28. The summed E-state index contributed by atoms with van der Waals surface area (Å²) in [5.41, 5.74) is 12.6. The van der Waals surface area contributed by atoms with Gasteiger partial charge in [0, 0.05) is 12.1 Å². The lowest BCUT2D eigenvalue weighted by Gasteiger charge is -2.16. The van der Waals surface area contributed by atoms with Crippen LogP contribution in [0.3, 0.4) is 0 Å². The molecule has 1 atom stereocenters. The highest BCUT2D eigenvalue weighted by atomic mass is 19.4. The number of rotatable bonds is 3. The van der Waals surface area contributed by atoms with Crippen LogP contribution >= 0.6 is 0 Å². The molecule has 116 valence electrons. The fourth-order valence-corrected chi connectivity index (χ4v) is 1.99. The normalized spacial score (nSPS) is 12.9. The summed E-state index contributed by atoms with van der Waals surface area (Å²) in [4.78, 5) is 0. The summed E-state index contributed by atoms with van der Waals surface area (Å²) >= 11 is 0. The van der Waals surface area contributed by atoms with E-state index in [0.717, 1.165) is 12.5 Å². The molecule has 0 spiro atoms. The highest BCUT2D eigenvalue weighted by Gasteiger charge is 2.40. The number of anilines is 1. The highest BCUT2D eigenvalue weighted by molar-refractivity contribution is 5.72. The van der Waals surface area contributed by atoms with Gasteiger partial charge in [-0.1, -0.05) is 24.3 Å². The molecule has 0 aliphatic rings. The van der Waals surface area contributed by atoms with Gasteiger partial charge < -0.3 is 11.5 Å². The molecular weight excluding hydrogens is 295 g/mol. The van der Waals surface area contributed by atoms with Crippen molar-refractivity contribution >= 4 is 5.82 Å². The first kappa shape index (κ1) is 15.9. The quantitative estimate of drug-likeness (QED) is 0.911. The molecule has 0 saturated carbocycles. The van der Waals surface area contributed by atoms with Crippen LogP contribution in [0.15, 0.2) is 24.3 Å². The molecule has 1 aromatic carbocycles. The number of nitriles is 1. The fourth-order valence-electron chi connectivity index (χ4n) is 1.99. The van der Waals surface area contributed by atoms with E-state index in [9.17, 15) is 18.4 Å². The van der Waals surface area contributed by atoms with E-state index < -0.39 is 12.2 Å². The molecule has 2 aromatic rings. The molecule has 1 heterocycles. The van der Waals surface area contributed by atoms with E-state index in [0.29, 0.717) is 16.8 Å². The molecule has 0 unspecified atom stereocenters. The molecule has 0 saturated heterocycles. The average Bonchev–Trinajstić information content (AvgIpc) is 2.82. The largest absolute Gasteiger partial charge is 0.410 e. The Morgan fingerprint density at radius 3 is 2.36 bits per heavy atom. The van der Waals surface area contributed by atoms with Crippen LogP contribution in [0.1, 0.15) is 24.1 Å². The molecule has 0 amide bonds. The predicted octanol–water partition coefficient (Wildman–Crippen LogP) is 2.59. The van der Waals surface area contributed by atoms with Crippen molar-refractivity contribution in [2.45, 2.75) is 25.7 Å². The third kappa shape index (κ3) is 2.76. The number of hydrogen-bond donors (Lipinski definition) is 2. The lowest BCUT2D eigenvalue weighted by atomic mass is 10.1. The smallest absolute Gasteiger partial charge is 0.383 e. The molecule has 1 aromatic heterocycles. The minimum absolute atomic E-state index is 0.0726. The Morgan fingerprint density at radius 2 is 1.91 bits per heavy atom. The van der Waals surface area contributed by atoms with Gasteiger partial charge in [0.25, 0.3) is 0 Å². The van der Waals surface area contributed by atoms with Gasteiger partial charge in [0.1, 0.15) is 29.2 Å². The Kier molecular flexibility index (Phi) is 4.10. The Morgan fingerprint density at radius 1 is 1.32 bits per heavy atom. The third-order valence-corrected chi connectivity index (χ3v) is 3.36. The molecule has 0 bridgehead atoms. The van der Waals surface area contributed by atoms with Crippen LogP contribution in [-0.2, 0) is 6.54 Å². The molecular formula is C14H14F3N5. The van der Waals surface area contributed by atoms with Gasteiger partial charge in [-0.3, -0.25) is 0 Å². The first-order chi connectivity index (χ1) is 10.3. The van der Waals surface area contributed by atoms with Crippen molar-refractivity contribution in [2.24, 2.45) is 5.73 Å². The molecule has 22 heavy (non-hydrogen) atoms. The topological polar surface area (TPSA) is 93.6 Å². The van der Waals surface area contributed by atoms with Crippen molar-refractivity contribution in [3.63, 3.8) is 0 Å². The number of hydrogen-bond acceptors (Lipinski definition) is 4. The van der Waals surface area contributed by atoms with Crippen LogP contribution in [0.25, 0.3) is 11.3 Å². The summed E-state index contributed by atoms with van der Waals surface area (Å²) in [6.07, 6.45) is -4.51. The van der Waals surface area contributed by atoms with E-state index in [-0.39, 0.29) is 17.1 Å². The van der Waals surface area contributed by atoms with E-state index in [1.807, 2.05) is 6.07 Å². The molecule has 0 fully saturated rings. The van der Waals surface area contributed by atoms with Gasteiger partial charge in [-0.2, -0.15) is 23.5 Å². The van der Waals surface area contributed by atoms with E-state index >= 15 is 0 Å². The van der Waals surface area contributed by atoms with E-state index in [2.05, 4.69) is 5.10 Å². The second-order valence-corrected chi connectivity index (χ2v) is 4.78. The van der Waals surface area contributed by atoms with Crippen LogP contribution in [0, 0.1) is 11.3 Å². The van der Waals surface area contributed by atoms with E-state index in [1.165, 1.54) is 0 Å².